The fourth-order valence-electron chi connectivity index (χ4n) is 3.41. The Morgan fingerprint density at radius 3 is 2.07 bits per heavy atom. The fourth-order valence-corrected chi connectivity index (χ4v) is 5.48. The Kier molecular flexibility index (Phi) is 5.88. The summed E-state index contributed by atoms with van der Waals surface area (Å²) >= 11 is 0. The molecule has 1 saturated heterocycles. The molecule has 0 radical (unpaired) electrons. The van der Waals surface area contributed by atoms with Gasteiger partial charge in [0.05, 0.1) is 4.92 Å². The van der Waals surface area contributed by atoms with Gasteiger partial charge in [0.2, 0.25) is 10.0 Å². The summed E-state index contributed by atoms with van der Waals surface area (Å²) < 4.78 is 28.1. The van der Waals surface area contributed by atoms with Crippen molar-refractivity contribution in [2.45, 2.75) is 30.6 Å². The van der Waals surface area contributed by atoms with Crippen LogP contribution < -0.4 is 0 Å². The third kappa shape index (κ3) is 4.18. The van der Waals surface area contributed by atoms with E-state index in [1.165, 1.54) is 28.6 Å². The van der Waals surface area contributed by atoms with Gasteiger partial charge in [-0.25, -0.2) is 12.7 Å². The molecular weight excluding hydrogens is 368 g/mol. The molecular formula is C19H22N2O5S. The number of benzene rings is 2. The van der Waals surface area contributed by atoms with Gasteiger partial charge in [-0.1, -0.05) is 36.8 Å². The minimum atomic E-state index is -3.80. The molecule has 2 atom stereocenters. The molecule has 0 aliphatic carbocycles. The minimum absolute atomic E-state index is 0.110. The number of aliphatic hydroxyl groups is 1. The van der Waals surface area contributed by atoms with Gasteiger partial charge >= 0.3 is 0 Å². The Morgan fingerprint density at radius 2 is 1.52 bits per heavy atom. The molecule has 8 heteroatoms. The number of sulfonamides is 1. The quantitative estimate of drug-likeness (QED) is 0.603. The van der Waals surface area contributed by atoms with Crippen molar-refractivity contribution in [1.29, 1.82) is 0 Å². The van der Waals surface area contributed by atoms with Crippen LogP contribution in [0, 0.1) is 10.1 Å². The van der Waals surface area contributed by atoms with Crippen molar-refractivity contribution < 1.29 is 18.4 Å². The molecule has 7 nitrogen and oxygen atoms in total. The molecule has 1 aliphatic heterocycles. The Balaban J connectivity index is 2.00. The lowest BCUT2D eigenvalue weighted by molar-refractivity contribution is -0.384. The van der Waals surface area contributed by atoms with Crippen LogP contribution in [0.2, 0.25) is 0 Å². The van der Waals surface area contributed by atoms with E-state index in [0.29, 0.717) is 24.2 Å². The molecule has 1 heterocycles. The maximum Gasteiger partial charge on any atom is 0.269 e. The van der Waals surface area contributed by atoms with E-state index < -0.39 is 26.3 Å². The lowest BCUT2D eigenvalue weighted by atomic mass is 10.0. The summed E-state index contributed by atoms with van der Waals surface area (Å²) in [6, 6.07) is 14.0. The molecule has 0 spiro atoms. The molecule has 0 unspecified atom stereocenters. The number of non-ortho nitro benzene ring substituents is 1. The van der Waals surface area contributed by atoms with Crippen LogP contribution in [0.5, 0.6) is 0 Å². The van der Waals surface area contributed by atoms with E-state index in [9.17, 15) is 23.6 Å². The maximum atomic E-state index is 13.3. The van der Waals surface area contributed by atoms with Crippen molar-refractivity contribution in [2.75, 3.05) is 13.1 Å². The standard InChI is InChI=1S/C19H22N2O5S/c22-18(15-9-11-17(12-10-15)21(23)24)19(16-7-3-1-4-8-16)27(25,26)20-13-5-2-6-14-20/h1,3-4,7-12,18-19,22H,2,5-6,13-14H2/t18-,19-/m1/s1. The number of piperidine rings is 1. The van der Waals surface area contributed by atoms with Crippen molar-refractivity contribution >= 4 is 15.7 Å². The lowest BCUT2D eigenvalue weighted by Gasteiger charge is -2.32. The first-order valence-electron chi connectivity index (χ1n) is 8.87. The van der Waals surface area contributed by atoms with Crippen LogP contribution in [0.25, 0.3) is 0 Å². The van der Waals surface area contributed by atoms with Crippen LogP contribution in [0.4, 0.5) is 5.69 Å². The van der Waals surface area contributed by atoms with E-state index in [1.54, 1.807) is 30.3 Å². The highest BCUT2D eigenvalue weighted by molar-refractivity contribution is 7.89. The normalized spacial score (nSPS) is 18.0. The highest BCUT2D eigenvalue weighted by Crippen LogP contribution is 2.38. The highest BCUT2D eigenvalue weighted by Gasteiger charge is 2.39. The SMILES string of the molecule is O=[N+]([O-])c1ccc([C@@H](O)[C@@H](c2ccccc2)S(=O)(=O)N2CCCCC2)cc1. The molecule has 2 aromatic rings. The number of hydrogen-bond acceptors (Lipinski definition) is 5. The summed E-state index contributed by atoms with van der Waals surface area (Å²) in [5.74, 6) is 0. The Labute approximate surface area is 158 Å². The largest absolute Gasteiger partial charge is 0.387 e. The van der Waals surface area contributed by atoms with E-state index in [0.717, 1.165) is 19.3 Å². The molecule has 0 saturated carbocycles. The molecule has 1 fully saturated rings. The van der Waals surface area contributed by atoms with Gasteiger partial charge in [0.1, 0.15) is 11.4 Å². The second-order valence-corrected chi connectivity index (χ2v) is 8.68. The van der Waals surface area contributed by atoms with E-state index in [1.807, 2.05) is 0 Å². The van der Waals surface area contributed by atoms with Gasteiger partial charge in [-0.2, -0.15) is 0 Å². The zero-order valence-corrected chi connectivity index (χ0v) is 15.6. The van der Waals surface area contributed by atoms with Gasteiger partial charge < -0.3 is 5.11 Å². The van der Waals surface area contributed by atoms with Crippen LogP contribution in [0.3, 0.4) is 0 Å². The van der Waals surface area contributed by atoms with Crippen LogP contribution in [0.1, 0.15) is 41.7 Å². The molecule has 144 valence electrons. The molecule has 27 heavy (non-hydrogen) atoms. The molecule has 3 rings (SSSR count). The van der Waals surface area contributed by atoms with E-state index in [2.05, 4.69) is 0 Å². The van der Waals surface area contributed by atoms with Crippen molar-refractivity contribution in [2.24, 2.45) is 0 Å². The third-order valence-electron chi connectivity index (χ3n) is 4.86. The summed E-state index contributed by atoms with van der Waals surface area (Å²) in [5.41, 5.74) is 0.713. The second kappa shape index (κ2) is 8.16. The highest BCUT2D eigenvalue weighted by atomic mass is 32.2. The van der Waals surface area contributed by atoms with Crippen LogP contribution in [0.15, 0.2) is 54.6 Å². The number of nitro groups is 1. The second-order valence-electron chi connectivity index (χ2n) is 6.63. The van der Waals surface area contributed by atoms with Crippen LogP contribution >= 0.6 is 0 Å². The Bertz CT molecular complexity index is 878. The first kappa shape index (κ1) is 19.5. The zero-order valence-electron chi connectivity index (χ0n) is 14.8. The monoisotopic (exact) mass is 390 g/mol. The van der Waals surface area contributed by atoms with Crippen molar-refractivity contribution in [1.82, 2.24) is 4.31 Å². The predicted octanol–water partition coefficient (Wildman–Crippen LogP) is 3.19. The fraction of sp³-hybridized carbons (Fsp3) is 0.368. The van der Waals surface area contributed by atoms with Crippen LogP contribution in [-0.2, 0) is 10.0 Å². The molecule has 2 aromatic carbocycles. The van der Waals surface area contributed by atoms with E-state index in [-0.39, 0.29) is 5.69 Å². The Hall–Kier alpha value is -2.29. The van der Waals surface area contributed by atoms with E-state index in [4.69, 9.17) is 0 Å². The summed E-state index contributed by atoms with van der Waals surface area (Å²) in [6.07, 6.45) is 1.26. The molecule has 0 amide bonds. The summed E-state index contributed by atoms with van der Waals surface area (Å²) in [7, 11) is -3.80. The smallest absolute Gasteiger partial charge is 0.269 e. The van der Waals surface area contributed by atoms with Gasteiger partial charge in [-0.15, -0.1) is 0 Å². The van der Waals surface area contributed by atoms with Crippen molar-refractivity contribution in [3.8, 4) is 0 Å². The van der Waals surface area contributed by atoms with Crippen molar-refractivity contribution in [3.63, 3.8) is 0 Å². The van der Waals surface area contributed by atoms with Gasteiger partial charge in [0.15, 0.2) is 0 Å². The molecule has 0 bridgehead atoms. The van der Waals surface area contributed by atoms with Gasteiger partial charge in [-0.3, -0.25) is 10.1 Å². The minimum Gasteiger partial charge on any atom is -0.387 e. The predicted molar refractivity (Wildman–Crippen MR) is 102 cm³/mol. The number of hydrogen-bond donors (Lipinski definition) is 1. The first-order chi connectivity index (χ1) is 12.9. The van der Waals surface area contributed by atoms with Gasteiger partial charge in [0, 0.05) is 25.2 Å². The first-order valence-corrected chi connectivity index (χ1v) is 10.4. The average Bonchev–Trinajstić information content (AvgIpc) is 2.69. The third-order valence-corrected chi connectivity index (χ3v) is 7.11. The van der Waals surface area contributed by atoms with Crippen molar-refractivity contribution in [3.05, 3.63) is 75.8 Å². The molecule has 0 aromatic heterocycles. The summed E-state index contributed by atoms with van der Waals surface area (Å²) in [5, 5.41) is 20.6. The maximum absolute atomic E-state index is 13.3. The lowest BCUT2D eigenvalue weighted by Crippen LogP contribution is -2.40. The van der Waals surface area contributed by atoms with Crippen LogP contribution in [-0.4, -0.2) is 35.8 Å². The summed E-state index contributed by atoms with van der Waals surface area (Å²) in [6.45, 7) is 0.886. The topological polar surface area (TPSA) is 101 Å². The van der Waals surface area contributed by atoms with Gasteiger partial charge in [0.25, 0.3) is 5.69 Å². The number of nitrogens with zero attached hydrogens (tertiary/aromatic N) is 2. The Morgan fingerprint density at radius 1 is 0.926 bits per heavy atom. The number of rotatable bonds is 6. The van der Waals surface area contributed by atoms with Gasteiger partial charge in [-0.05, 0) is 36.1 Å². The zero-order chi connectivity index (χ0) is 19.4. The number of aliphatic hydroxyl groups excluding tert-OH is 1. The molecule has 1 N–H and O–H groups in total. The average molecular weight is 390 g/mol. The number of nitro benzene ring substituents is 1. The molecule has 1 aliphatic rings. The summed E-state index contributed by atoms with van der Waals surface area (Å²) in [4.78, 5) is 10.3. The van der Waals surface area contributed by atoms with E-state index >= 15 is 0 Å².